The molecule has 5 heteroatoms. The van der Waals surface area contributed by atoms with Gasteiger partial charge in [-0.2, -0.15) is 0 Å². The predicted octanol–water partition coefficient (Wildman–Crippen LogP) is 3.03. The first kappa shape index (κ1) is 14.0. The Labute approximate surface area is 127 Å². The van der Waals surface area contributed by atoms with E-state index in [1.54, 1.807) is 38.5 Å². The van der Waals surface area contributed by atoms with Gasteiger partial charge in [0.1, 0.15) is 23.0 Å². The monoisotopic (exact) mass is 298 g/mol. The SMILES string of the molecule is COc1ccc(OC)c(/C=C2\Oc3cc(O)ccc3C2=O)c1. The zero-order valence-corrected chi connectivity index (χ0v) is 12.1. The van der Waals surface area contributed by atoms with Crippen molar-refractivity contribution in [3.05, 3.63) is 53.3 Å². The van der Waals surface area contributed by atoms with E-state index in [0.29, 0.717) is 28.4 Å². The topological polar surface area (TPSA) is 65.0 Å². The number of hydrogen-bond donors (Lipinski definition) is 1. The molecule has 2 aromatic rings. The number of carbonyl (C=O) groups is 1. The van der Waals surface area contributed by atoms with E-state index in [2.05, 4.69) is 0 Å². The number of methoxy groups -OCH3 is 2. The van der Waals surface area contributed by atoms with Gasteiger partial charge in [0.05, 0.1) is 19.8 Å². The molecule has 0 radical (unpaired) electrons. The van der Waals surface area contributed by atoms with Crippen LogP contribution in [0.3, 0.4) is 0 Å². The summed E-state index contributed by atoms with van der Waals surface area (Å²) in [5.74, 6) is 1.58. The number of phenols is 1. The zero-order chi connectivity index (χ0) is 15.7. The molecule has 0 atom stereocenters. The molecule has 2 aromatic carbocycles. The van der Waals surface area contributed by atoms with Crippen LogP contribution in [0.1, 0.15) is 15.9 Å². The number of rotatable bonds is 3. The summed E-state index contributed by atoms with van der Waals surface area (Å²) in [5.41, 5.74) is 1.09. The van der Waals surface area contributed by atoms with E-state index < -0.39 is 0 Å². The van der Waals surface area contributed by atoms with E-state index in [9.17, 15) is 9.90 Å². The lowest BCUT2D eigenvalue weighted by Crippen LogP contribution is -1.99. The Hall–Kier alpha value is -2.95. The summed E-state index contributed by atoms with van der Waals surface area (Å²) in [5, 5.41) is 9.46. The summed E-state index contributed by atoms with van der Waals surface area (Å²) in [7, 11) is 3.11. The summed E-state index contributed by atoms with van der Waals surface area (Å²) < 4.78 is 16.0. The third kappa shape index (κ3) is 2.37. The highest BCUT2D eigenvalue weighted by atomic mass is 16.5. The average molecular weight is 298 g/mol. The first-order valence-electron chi connectivity index (χ1n) is 6.61. The van der Waals surface area contributed by atoms with Crippen LogP contribution in [0.2, 0.25) is 0 Å². The van der Waals surface area contributed by atoms with Crippen LogP contribution in [0, 0.1) is 0 Å². The van der Waals surface area contributed by atoms with Crippen molar-refractivity contribution in [2.75, 3.05) is 14.2 Å². The minimum absolute atomic E-state index is 0.0479. The maximum absolute atomic E-state index is 12.3. The van der Waals surface area contributed by atoms with Gasteiger partial charge in [-0.25, -0.2) is 0 Å². The highest BCUT2D eigenvalue weighted by molar-refractivity contribution is 6.14. The fourth-order valence-corrected chi connectivity index (χ4v) is 2.27. The van der Waals surface area contributed by atoms with E-state index in [1.807, 2.05) is 0 Å². The van der Waals surface area contributed by atoms with Crippen LogP contribution < -0.4 is 14.2 Å². The molecular formula is C17H14O5. The van der Waals surface area contributed by atoms with Gasteiger partial charge in [0.15, 0.2) is 5.76 Å². The summed E-state index contributed by atoms with van der Waals surface area (Å²) in [6.45, 7) is 0. The number of Topliss-reactive ketones (excluding diaryl/α,β-unsaturated/α-hetero) is 1. The summed E-state index contributed by atoms with van der Waals surface area (Å²) in [4.78, 5) is 12.3. The number of carbonyl (C=O) groups excluding carboxylic acids is 1. The fourth-order valence-electron chi connectivity index (χ4n) is 2.27. The zero-order valence-electron chi connectivity index (χ0n) is 12.1. The molecule has 22 heavy (non-hydrogen) atoms. The van der Waals surface area contributed by atoms with Crippen molar-refractivity contribution < 1.29 is 24.1 Å². The molecule has 0 fully saturated rings. The summed E-state index contributed by atoms with van der Waals surface area (Å²) in [6.07, 6.45) is 1.60. The molecule has 112 valence electrons. The van der Waals surface area contributed by atoms with Crippen LogP contribution in [0.5, 0.6) is 23.0 Å². The van der Waals surface area contributed by atoms with E-state index in [0.717, 1.165) is 0 Å². The highest BCUT2D eigenvalue weighted by Crippen LogP contribution is 2.35. The van der Waals surface area contributed by atoms with Gasteiger partial charge in [0.2, 0.25) is 5.78 Å². The average Bonchev–Trinajstić information content (AvgIpc) is 2.82. The smallest absolute Gasteiger partial charge is 0.231 e. The quantitative estimate of drug-likeness (QED) is 0.882. The Morgan fingerprint density at radius 3 is 2.64 bits per heavy atom. The van der Waals surface area contributed by atoms with Crippen LogP contribution >= 0.6 is 0 Å². The number of aromatic hydroxyl groups is 1. The van der Waals surface area contributed by atoms with Crippen LogP contribution in [-0.4, -0.2) is 25.1 Å². The number of hydrogen-bond acceptors (Lipinski definition) is 5. The normalized spacial score (nSPS) is 14.6. The second-order valence-electron chi connectivity index (χ2n) is 4.73. The first-order valence-corrected chi connectivity index (χ1v) is 6.61. The van der Waals surface area contributed by atoms with Crippen molar-refractivity contribution in [1.29, 1.82) is 0 Å². The molecule has 3 rings (SSSR count). The standard InChI is InChI=1S/C17H14O5/c1-20-12-4-6-14(21-2)10(7-12)8-16-17(19)13-5-3-11(18)9-15(13)22-16/h3-9,18H,1-2H3/b16-8-. The molecule has 0 aliphatic carbocycles. The van der Waals surface area contributed by atoms with Crippen LogP contribution in [0.15, 0.2) is 42.2 Å². The minimum Gasteiger partial charge on any atom is -0.508 e. The van der Waals surface area contributed by atoms with Gasteiger partial charge in [0, 0.05) is 11.6 Å². The lowest BCUT2D eigenvalue weighted by molar-refractivity contribution is 0.101. The van der Waals surface area contributed by atoms with Gasteiger partial charge in [-0.15, -0.1) is 0 Å². The first-order chi connectivity index (χ1) is 10.6. The molecule has 0 saturated carbocycles. The van der Waals surface area contributed by atoms with Crippen molar-refractivity contribution in [2.45, 2.75) is 0 Å². The van der Waals surface area contributed by atoms with Gasteiger partial charge in [-0.1, -0.05) is 0 Å². The van der Waals surface area contributed by atoms with Crippen molar-refractivity contribution in [3.8, 4) is 23.0 Å². The third-order valence-electron chi connectivity index (χ3n) is 3.38. The molecule has 0 bridgehead atoms. The Bertz CT molecular complexity index is 777. The molecule has 0 aromatic heterocycles. The van der Waals surface area contributed by atoms with Gasteiger partial charge >= 0.3 is 0 Å². The van der Waals surface area contributed by atoms with E-state index in [1.165, 1.54) is 18.2 Å². The van der Waals surface area contributed by atoms with Crippen molar-refractivity contribution in [3.63, 3.8) is 0 Å². The number of ketones is 1. The molecule has 0 unspecified atom stereocenters. The van der Waals surface area contributed by atoms with E-state index in [4.69, 9.17) is 14.2 Å². The summed E-state index contributed by atoms with van der Waals surface area (Å²) in [6, 6.07) is 9.68. The number of benzene rings is 2. The van der Waals surface area contributed by atoms with Crippen molar-refractivity contribution in [2.24, 2.45) is 0 Å². The third-order valence-corrected chi connectivity index (χ3v) is 3.38. The highest BCUT2D eigenvalue weighted by Gasteiger charge is 2.27. The van der Waals surface area contributed by atoms with Gasteiger partial charge < -0.3 is 19.3 Å². The largest absolute Gasteiger partial charge is 0.508 e. The molecule has 1 N–H and O–H groups in total. The number of ether oxygens (including phenoxy) is 3. The van der Waals surface area contributed by atoms with E-state index in [-0.39, 0.29) is 17.3 Å². The molecule has 1 heterocycles. The van der Waals surface area contributed by atoms with Crippen LogP contribution in [0.25, 0.3) is 6.08 Å². The molecule has 1 aliphatic rings. The maximum atomic E-state index is 12.3. The molecular weight excluding hydrogens is 284 g/mol. The fraction of sp³-hybridized carbons (Fsp3) is 0.118. The number of fused-ring (bicyclic) bond motifs is 1. The molecule has 0 saturated heterocycles. The minimum atomic E-state index is -0.236. The Morgan fingerprint density at radius 1 is 1.09 bits per heavy atom. The van der Waals surface area contributed by atoms with E-state index >= 15 is 0 Å². The number of phenolic OH excluding ortho intramolecular Hbond substituents is 1. The predicted molar refractivity (Wildman–Crippen MR) is 80.6 cm³/mol. The molecule has 1 aliphatic heterocycles. The van der Waals surface area contributed by atoms with Crippen LogP contribution in [0.4, 0.5) is 0 Å². The second kappa shape index (κ2) is 5.44. The summed E-state index contributed by atoms with van der Waals surface area (Å²) >= 11 is 0. The van der Waals surface area contributed by atoms with Gasteiger partial charge in [-0.3, -0.25) is 4.79 Å². The van der Waals surface area contributed by atoms with Crippen molar-refractivity contribution in [1.82, 2.24) is 0 Å². The van der Waals surface area contributed by atoms with Gasteiger partial charge in [-0.05, 0) is 36.4 Å². The van der Waals surface area contributed by atoms with Gasteiger partial charge in [0.25, 0.3) is 0 Å². The Kier molecular flexibility index (Phi) is 3.47. The lowest BCUT2D eigenvalue weighted by Gasteiger charge is -2.07. The maximum Gasteiger partial charge on any atom is 0.231 e. The Morgan fingerprint density at radius 2 is 1.91 bits per heavy atom. The van der Waals surface area contributed by atoms with Crippen molar-refractivity contribution >= 4 is 11.9 Å². The lowest BCUT2D eigenvalue weighted by atomic mass is 10.1. The van der Waals surface area contributed by atoms with Crippen LogP contribution in [-0.2, 0) is 0 Å². The molecule has 0 amide bonds. The Balaban J connectivity index is 2.02. The molecule has 5 nitrogen and oxygen atoms in total. The second-order valence-corrected chi connectivity index (χ2v) is 4.73. The molecule has 0 spiro atoms. The number of allylic oxidation sites excluding steroid dienone is 1.